The monoisotopic (exact) mass is 325 g/mol. The molecule has 23 heavy (non-hydrogen) atoms. The lowest BCUT2D eigenvalue weighted by molar-refractivity contribution is 0.266. The van der Waals surface area contributed by atoms with Crippen LogP contribution in [0.2, 0.25) is 0 Å². The summed E-state index contributed by atoms with van der Waals surface area (Å²) in [7, 11) is 0. The molecule has 0 heterocycles. The van der Waals surface area contributed by atoms with Crippen LogP contribution in [0.15, 0.2) is 12.1 Å². The molecule has 1 unspecified atom stereocenters. The zero-order chi connectivity index (χ0) is 17.2. The van der Waals surface area contributed by atoms with Crippen LogP contribution >= 0.6 is 0 Å². The van der Waals surface area contributed by atoms with E-state index in [2.05, 4.69) is 13.8 Å². The third-order valence-corrected chi connectivity index (χ3v) is 3.88. The molecule has 0 aromatic heterocycles. The minimum Gasteiger partial charge on any atom is -0.490 e. The van der Waals surface area contributed by atoms with Gasteiger partial charge in [-0.15, -0.1) is 0 Å². The number of aryl methyl sites for hydroxylation is 1. The van der Waals surface area contributed by atoms with Gasteiger partial charge in [-0.2, -0.15) is 0 Å². The fourth-order valence-electron chi connectivity index (χ4n) is 2.28. The van der Waals surface area contributed by atoms with Crippen molar-refractivity contribution in [2.75, 3.05) is 13.2 Å². The number of rotatable bonds is 11. The lowest BCUT2D eigenvalue weighted by Crippen LogP contribution is -2.26. The van der Waals surface area contributed by atoms with Crippen LogP contribution in [0.3, 0.4) is 0 Å². The average Bonchev–Trinajstić information content (AvgIpc) is 2.52. The molecule has 3 nitrogen and oxygen atoms in total. The maximum Gasteiger partial charge on any atom is 0.164 e. The van der Waals surface area contributed by atoms with Crippen molar-refractivity contribution in [1.82, 2.24) is 0 Å². The van der Waals surface area contributed by atoms with Gasteiger partial charge in [-0.3, -0.25) is 0 Å². The quantitative estimate of drug-likeness (QED) is 0.641. The highest BCUT2D eigenvalue weighted by molar-refractivity contribution is 5.44. The van der Waals surface area contributed by atoms with Gasteiger partial charge in [0.2, 0.25) is 0 Å². The number of hydrogen-bond acceptors (Lipinski definition) is 3. The maximum absolute atomic E-state index is 14.3. The van der Waals surface area contributed by atoms with Gasteiger partial charge in [-0.1, -0.05) is 27.7 Å². The summed E-state index contributed by atoms with van der Waals surface area (Å²) in [4.78, 5) is 0. The summed E-state index contributed by atoms with van der Waals surface area (Å²) in [5.74, 6) is 1.37. The lowest BCUT2D eigenvalue weighted by atomic mass is 9.97. The number of hydrogen-bond donors (Lipinski definition) is 1. The molecule has 132 valence electrons. The van der Waals surface area contributed by atoms with Crippen molar-refractivity contribution in [3.8, 4) is 11.5 Å². The number of ether oxygens (including phenoxy) is 2. The second-order valence-electron chi connectivity index (χ2n) is 6.39. The highest BCUT2D eigenvalue weighted by Gasteiger charge is 2.13. The van der Waals surface area contributed by atoms with Crippen LogP contribution in [0.1, 0.15) is 58.9 Å². The van der Waals surface area contributed by atoms with E-state index in [0.717, 1.165) is 25.7 Å². The Morgan fingerprint density at radius 1 is 1.04 bits per heavy atom. The molecule has 0 saturated heterocycles. The fraction of sp³-hybridized carbons (Fsp3) is 0.684. The zero-order valence-corrected chi connectivity index (χ0v) is 15.0. The number of nitrogens with two attached hydrogens (primary N) is 1. The summed E-state index contributed by atoms with van der Waals surface area (Å²) in [6.45, 7) is 9.46. The largest absolute Gasteiger partial charge is 0.490 e. The summed E-state index contributed by atoms with van der Waals surface area (Å²) >= 11 is 0. The summed E-state index contributed by atoms with van der Waals surface area (Å²) in [6.07, 6.45) is 4.23. The van der Waals surface area contributed by atoms with Crippen molar-refractivity contribution in [2.24, 2.45) is 11.7 Å². The van der Waals surface area contributed by atoms with Crippen molar-refractivity contribution in [3.63, 3.8) is 0 Å². The van der Waals surface area contributed by atoms with Gasteiger partial charge in [0.15, 0.2) is 11.5 Å². The van der Waals surface area contributed by atoms with Crippen LogP contribution < -0.4 is 15.2 Å². The van der Waals surface area contributed by atoms with Gasteiger partial charge in [-0.05, 0) is 49.7 Å². The van der Waals surface area contributed by atoms with Gasteiger partial charge in [-0.25, -0.2) is 4.39 Å². The van der Waals surface area contributed by atoms with Crippen molar-refractivity contribution in [3.05, 3.63) is 23.5 Å². The molecule has 1 aromatic rings. The Kier molecular flexibility index (Phi) is 9.00. The summed E-state index contributed by atoms with van der Waals surface area (Å²) < 4.78 is 25.6. The molecule has 1 aromatic carbocycles. The van der Waals surface area contributed by atoms with Crippen molar-refractivity contribution in [1.29, 1.82) is 0 Å². The van der Waals surface area contributed by atoms with E-state index in [4.69, 9.17) is 15.2 Å². The number of halogens is 1. The summed E-state index contributed by atoms with van der Waals surface area (Å²) in [6, 6.07) is 3.41. The van der Waals surface area contributed by atoms with Gasteiger partial charge in [0.1, 0.15) is 5.82 Å². The van der Waals surface area contributed by atoms with E-state index < -0.39 is 0 Å². The summed E-state index contributed by atoms with van der Waals surface area (Å²) in [5.41, 5.74) is 6.73. The molecule has 0 spiro atoms. The topological polar surface area (TPSA) is 44.5 Å². The van der Waals surface area contributed by atoms with E-state index >= 15 is 0 Å². The molecule has 1 rings (SSSR count). The van der Waals surface area contributed by atoms with Crippen LogP contribution in [0.4, 0.5) is 4.39 Å². The second kappa shape index (κ2) is 10.5. The van der Waals surface area contributed by atoms with Gasteiger partial charge in [0, 0.05) is 12.1 Å². The maximum atomic E-state index is 14.3. The van der Waals surface area contributed by atoms with Crippen molar-refractivity contribution >= 4 is 0 Å². The van der Waals surface area contributed by atoms with Gasteiger partial charge >= 0.3 is 0 Å². The van der Waals surface area contributed by atoms with E-state index in [1.807, 2.05) is 13.8 Å². The van der Waals surface area contributed by atoms with E-state index in [-0.39, 0.29) is 11.9 Å². The van der Waals surface area contributed by atoms with Crippen LogP contribution in [-0.2, 0) is 6.42 Å². The summed E-state index contributed by atoms with van der Waals surface area (Å²) in [5, 5.41) is 0. The zero-order valence-electron chi connectivity index (χ0n) is 15.0. The first-order valence-electron chi connectivity index (χ1n) is 8.83. The molecule has 0 amide bonds. The molecule has 0 aliphatic carbocycles. The lowest BCUT2D eigenvalue weighted by Gasteiger charge is -2.16. The van der Waals surface area contributed by atoms with E-state index in [1.54, 1.807) is 6.07 Å². The first-order chi connectivity index (χ1) is 11.0. The van der Waals surface area contributed by atoms with Gasteiger partial charge in [0.05, 0.1) is 13.2 Å². The Balaban J connectivity index is 2.78. The molecular formula is C19H32FNO2. The molecule has 0 aliphatic rings. The van der Waals surface area contributed by atoms with E-state index in [0.29, 0.717) is 42.6 Å². The fourth-order valence-corrected chi connectivity index (χ4v) is 2.28. The predicted octanol–water partition coefficient (Wildman–Crippen LogP) is 4.71. The third kappa shape index (κ3) is 6.78. The molecule has 1 atom stereocenters. The first kappa shape index (κ1) is 19.8. The van der Waals surface area contributed by atoms with E-state index in [9.17, 15) is 4.39 Å². The Morgan fingerprint density at radius 3 is 2.13 bits per heavy atom. The third-order valence-electron chi connectivity index (χ3n) is 3.88. The Bertz CT molecular complexity index is 463. The van der Waals surface area contributed by atoms with Crippen LogP contribution in [-0.4, -0.2) is 19.3 Å². The molecule has 0 radical (unpaired) electrons. The normalized spacial score (nSPS) is 12.5. The van der Waals surface area contributed by atoms with Crippen LogP contribution in [0.25, 0.3) is 0 Å². The van der Waals surface area contributed by atoms with Crippen LogP contribution in [0.5, 0.6) is 11.5 Å². The highest BCUT2D eigenvalue weighted by Crippen LogP contribution is 2.31. The van der Waals surface area contributed by atoms with Crippen LogP contribution in [0, 0.1) is 11.7 Å². The Morgan fingerprint density at radius 2 is 1.61 bits per heavy atom. The molecule has 2 N–H and O–H groups in total. The molecule has 0 fully saturated rings. The van der Waals surface area contributed by atoms with Gasteiger partial charge < -0.3 is 15.2 Å². The highest BCUT2D eigenvalue weighted by atomic mass is 19.1. The molecule has 0 saturated carbocycles. The molecule has 0 aliphatic heterocycles. The standard InChI is InChI=1S/C19H32FNO2/c1-5-10-22-18-12-15(8-7-9-17(21)14(3)4)16(20)13-19(18)23-11-6-2/h12-14,17H,5-11,21H2,1-4H3. The SMILES string of the molecule is CCCOc1cc(F)c(CCCC(N)C(C)C)cc1OCCC. The van der Waals surface area contributed by atoms with Crippen molar-refractivity contribution < 1.29 is 13.9 Å². The predicted molar refractivity (Wildman–Crippen MR) is 93.7 cm³/mol. The molecule has 0 bridgehead atoms. The smallest absolute Gasteiger partial charge is 0.164 e. The Labute approximate surface area is 140 Å². The first-order valence-corrected chi connectivity index (χ1v) is 8.83. The minimum absolute atomic E-state index is 0.168. The molecule has 4 heteroatoms. The van der Waals surface area contributed by atoms with E-state index in [1.165, 1.54) is 6.07 Å². The molecular weight excluding hydrogens is 293 g/mol. The minimum atomic E-state index is -0.224. The average molecular weight is 325 g/mol. The second-order valence-corrected chi connectivity index (χ2v) is 6.39. The van der Waals surface area contributed by atoms with Crippen molar-refractivity contribution in [2.45, 2.75) is 65.8 Å². The number of benzene rings is 1. The Hall–Kier alpha value is -1.29. The van der Waals surface area contributed by atoms with Gasteiger partial charge in [0.25, 0.3) is 0 Å².